The van der Waals surface area contributed by atoms with E-state index < -0.39 is 18.6 Å². The summed E-state index contributed by atoms with van der Waals surface area (Å²) in [6, 6.07) is 17.3. The molecule has 4 rings (SSSR count). The summed E-state index contributed by atoms with van der Waals surface area (Å²) in [6.07, 6.45) is 0.413. The van der Waals surface area contributed by atoms with E-state index in [0.29, 0.717) is 42.1 Å². The highest BCUT2D eigenvalue weighted by atomic mass is 16.5. The summed E-state index contributed by atoms with van der Waals surface area (Å²) >= 11 is 0. The molecule has 0 aromatic heterocycles. The van der Waals surface area contributed by atoms with Crippen LogP contribution in [0.2, 0.25) is 0 Å². The number of hydrogen-bond acceptors (Lipinski definition) is 6. The minimum absolute atomic E-state index is 0.0842. The molecule has 0 atom stereocenters. The van der Waals surface area contributed by atoms with Gasteiger partial charge in [0, 0.05) is 36.3 Å². The molecular weight excluding hydrogens is 516 g/mol. The number of carbonyl (C=O) groups excluding carboxylic acids is 4. The molecule has 12 heteroatoms. The zero-order valence-electron chi connectivity index (χ0n) is 21.8. The van der Waals surface area contributed by atoms with Gasteiger partial charge in [0.1, 0.15) is 6.61 Å². The Kier molecular flexibility index (Phi) is 9.15. The summed E-state index contributed by atoms with van der Waals surface area (Å²) in [5.41, 5.74) is 6.55. The van der Waals surface area contributed by atoms with Crippen LogP contribution in [0.4, 0.5) is 37.1 Å². The Morgan fingerprint density at radius 1 is 0.775 bits per heavy atom. The molecule has 0 fully saturated rings. The first kappa shape index (κ1) is 27.9. The Bertz CT molecular complexity index is 1430. The molecule has 0 spiro atoms. The van der Waals surface area contributed by atoms with Gasteiger partial charge in [-0.15, -0.1) is 0 Å². The number of ether oxygens (including phenoxy) is 1. The van der Waals surface area contributed by atoms with Crippen LogP contribution in [0.3, 0.4) is 0 Å². The fourth-order valence-corrected chi connectivity index (χ4v) is 4.20. The molecule has 3 aromatic rings. The van der Waals surface area contributed by atoms with Crippen molar-refractivity contribution in [1.82, 2.24) is 10.6 Å². The number of urea groups is 2. The van der Waals surface area contributed by atoms with E-state index in [-0.39, 0.29) is 18.7 Å². The molecule has 12 nitrogen and oxygen atoms in total. The molecule has 0 radical (unpaired) electrons. The van der Waals surface area contributed by atoms with Crippen molar-refractivity contribution < 1.29 is 29.0 Å². The lowest BCUT2D eigenvalue weighted by atomic mass is 10.1. The first-order valence-corrected chi connectivity index (χ1v) is 12.6. The smallest absolute Gasteiger partial charge is 0.411 e. The van der Waals surface area contributed by atoms with Crippen molar-refractivity contribution in [2.75, 3.05) is 48.1 Å². The van der Waals surface area contributed by atoms with Gasteiger partial charge >= 0.3 is 18.2 Å². The number of hydrogen-bond donors (Lipinski definition) is 7. The highest BCUT2D eigenvalue weighted by molar-refractivity contribution is 5.93. The molecule has 3 aromatic carbocycles. The van der Waals surface area contributed by atoms with E-state index in [9.17, 15) is 19.2 Å². The minimum atomic E-state index is -0.675. The average molecular weight is 547 g/mol. The van der Waals surface area contributed by atoms with Crippen LogP contribution in [0.1, 0.15) is 17.5 Å². The second kappa shape index (κ2) is 13.1. The number of carbonyl (C=O) groups is 4. The first-order valence-electron chi connectivity index (χ1n) is 12.6. The van der Waals surface area contributed by atoms with E-state index in [0.717, 1.165) is 22.3 Å². The Balaban J connectivity index is 1.17. The van der Waals surface area contributed by atoms with Gasteiger partial charge < -0.3 is 36.4 Å². The third-order valence-corrected chi connectivity index (χ3v) is 6.00. The van der Waals surface area contributed by atoms with Crippen LogP contribution in [0.25, 0.3) is 11.1 Å². The van der Waals surface area contributed by atoms with Crippen molar-refractivity contribution in [3.05, 3.63) is 71.8 Å². The average Bonchev–Trinajstić information content (AvgIpc) is 3.29. The summed E-state index contributed by atoms with van der Waals surface area (Å²) < 4.78 is 5.13. The van der Waals surface area contributed by atoms with Crippen LogP contribution in [0, 0.1) is 0 Å². The lowest BCUT2D eigenvalue weighted by Crippen LogP contribution is -2.30. The number of anilines is 4. The summed E-state index contributed by atoms with van der Waals surface area (Å²) in [5.74, 6) is -0.565. The highest BCUT2D eigenvalue weighted by Gasteiger charge is 2.19. The third-order valence-electron chi connectivity index (χ3n) is 6.00. The van der Waals surface area contributed by atoms with Gasteiger partial charge in [0.25, 0.3) is 0 Å². The second-order valence-corrected chi connectivity index (χ2v) is 8.91. The maximum absolute atomic E-state index is 12.3. The predicted octanol–water partition coefficient (Wildman–Crippen LogP) is 3.70. The standard InChI is InChI=1S/C28H30N6O6/c1-29-26(37)32-21-6-8-23-17(13-21)12-18-14-22(7-9-24(18)23)33-27(38)30-10-3-11-40-28(39)34-20-5-2-4-19(15-20)31-25(36)16-35/h2,4-9,13-15,35H,3,10-12,16H2,1H3,(H,31,36)(H,34,39)(H2,29,32,37)(H2,30,33,38). The van der Waals surface area contributed by atoms with E-state index in [1.807, 2.05) is 36.4 Å². The predicted molar refractivity (Wildman–Crippen MR) is 152 cm³/mol. The maximum atomic E-state index is 12.3. The van der Waals surface area contributed by atoms with Gasteiger partial charge in [-0.25, -0.2) is 14.4 Å². The van der Waals surface area contributed by atoms with Crippen LogP contribution in [-0.2, 0) is 16.0 Å². The molecule has 0 heterocycles. The van der Waals surface area contributed by atoms with Crippen LogP contribution in [0.15, 0.2) is 60.7 Å². The number of benzene rings is 3. The van der Waals surface area contributed by atoms with Crippen molar-refractivity contribution in [3.8, 4) is 11.1 Å². The summed E-state index contributed by atoms with van der Waals surface area (Å²) in [7, 11) is 1.56. The number of amides is 6. The fraction of sp³-hybridized carbons (Fsp3) is 0.214. The van der Waals surface area contributed by atoms with Gasteiger partial charge in [-0.05, 0) is 77.6 Å². The summed E-state index contributed by atoms with van der Waals surface area (Å²) in [5, 5.41) is 24.7. The molecule has 0 bridgehead atoms. The van der Waals surface area contributed by atoms with Crippen LogP contribution in [-0.4, -0.2) is 56.0 Å². The van der Waals surface area contributed by atoms with E-state index in [2.05, 4.69) is 31.9 Å². The molecular formula is C28H30N6O6. The van der Waals surface area contributed by atoms with Gasteiger partial charge in [0.15, 0.2) is 0 Å². The van der Waals surface area contributed by atoms with Crippen molar-refractivity contribution in [3.63, 3.8) is 0 Å². The monoisotopic (exact) mass is 546 g/mol. The minimum Gasteiger partial charge on any atom is -0.449 e. The quantitative estimate of drug-likeness (QED) is 0.158. The van der Waals surface area contributed by atoms with E-state index in [1.54, 1.807) is 25.2 Å². The normalized spacial score (nSPS) is 10.9. The van der Waals surface area contributed by atoms with Crippen molar-refractivity contribution in [2.45, 2.75) is 12.8 Å². The molecule has 0 aliphatic heterocycles. The number of aliphatic hydroxyl groups is 1. The van der Waals surface area contributed by atoms with Crippen molar-refractivity contribution in [1.29, 1.82) is 0 Å². The third kappa shape index (κ3) is 7.48. The summed E-state index contributed by atoms with van der Waals surface area (Å²) in [4.78, 5) is 47.2. The molecule has 0 unspecified atom stereocenters. The number of rotatable bonds is 9. The van der Waals surface area contributed by atoms with E-state index in [4.69, 9.17) is 9.84 Å². The molecule has 208 valence electrons. The number of nitrogens with one attached hydrogen (secondary N) is 6. The molecule has 7 N–H and O–H groups in total. The molecule has 1 aliphatic rings. The Hall–Kier alpha value is -5.10. The molecule has 0 saturated heterocycles. The zero-order valence-corrected chi connectivity index (χ0v) is 21.8. The molecule has 1 aliphatic carbocycles. The van der Waals surface area contributed by atoms with Crippen LogP contribution >= 0.6 is 0 Å². The van der Waals surface area contributed by atoms with E-state index in [1.165, 1.54) is 6.07 Å². The SMILES string of the molecule is CNC(=O)Nc1ccc2c(c1)Cc1cc(NC(=O)NCCCOC(=O)Nc3cccc(NC(=O)CO)c3)ccc1-2. The summed E-state index contributed by atoms with van der Waals surface area (Å²) in [6.45, 7) is -0.269. The number of fused-ring (bicyclic) bond motifs is 3. The largest absolute Gasteiger partial charge is 0.449 e. The number of aliphatic hydroxyl groups excluding tert-OH is 1. The molecule has 0 saturated carbocycles. The topological polar surface area (TPSA) is 170 Å². The van der Waals surface area contributed by atoms with Gasteiger partial charge in [0.2, 0.25) is 5.91 Å². The van der Waals surface area contributed by atoms with Crippen LogP contribution in [0.5, 0.6) is 0 Å². The Morgan fingerprint density at radius 2 is 1.38 bits per heavy atom. The molecule has 6 amide bonds. The fourth-order valence-electron chi connectivity index (χ4n) is 4.20. The Labute approximate surface area is 230 Å². The van der Waals surface area contributed by atoms with Crippen LogP contribution < -0.4 is 31.9 Å². The lowest BCUT2D eigenvalue weighted by molar-refractivity contribution is -0.118. The molecule has 40 heavy (non-hydrogen) atoms. The van der Waals surface area contributed by atoms with Gasteiger partial charge in [0.05, 0.1) is 6.61 Å². The Morgan fingerprint density at radius 3 is 2.00 bits per heavy atom. The van der Waals surface area contributed by atoms with E-state index >= 15 is 0 Å². The highest BCUT2D eigenvalue weighted by Crippen LogP contribution is 2.39. The first-order chi connectivity index (χ1) is 19.3. The van der Waals surface area contributed by atoms with Gasteiger partial charge in [-0.2, -0.15) is 0 Å². The van der Waals surface area contributed by atoms with Gasteiger partial charge in [-0.1, -0.05) is 18.2 Å². The van der Waals surface area contributed by atoms with Crippen molar-refractivity contribution in [2.24, 2.45) is 0 Å². The van der Waals surface area contributed by atoms with Gasteiger partial charge in [-0.3, -0.25) is 10.1 Å². The second-order valence-electron chi connectivity index (χ2n) is 8.91. The van der Waals surface area contributed by atoms with Crippen molar-refractivity contribution >= 4 is 46.8 Å². The lowest BCUT2D eigenvalue weighted by Gasteiger charge is -2.10. The zero-order chi connectivity index (χ0) is 28.5. The maximum Gasteiger partial charge on any atom is 0.411 e.